The molecule has 1 amide bonds. The second-order valence-corrected chi connectivity index (χ2v) is 10.1. The molecule has 10 heteroatoms. The lowest BCUT2D eigenvalue weighted by atomic mass is 9.77. The van der Waals surface area contributed by atoms with Gasteiger partial charge in [0.25, 0.3) is 5.91 Å². The van der Waals surface area contributed by atoms with Crippen LogP contribution in [0.4, 0.5) is 0 Å². The van der Waals surface area contributed by atoms with Crippen molar-refractivity contribution in [3.05, 3.63) is 70.0 Å². The van der Waals surface area contributed by atoms with Crippen molar-refractivity contribution in [3.63, 3.8) is 0 Å². The number of rotatable bonds is 4. The number of carbonyl (C=O) groups excluding carboxylic acids is 1. The summed E-state index contributed by atoms with van der Waals surface area (Å²) in [6, 6.07) is 11.4. The molecule has 0 radical (unpaired) electrons. The lowest BCUT2D eigenvalue weighted by Crippen LogP contribution is -2.32. The molecular formula is C28H25ClN4O5. The van der Waals surface area contributed by atoms with Crippen LogP contribution in [0, 0.1) is 5.92 Å². The summed E-state index contributed by atoms with van der Waals surface area (Å²) >= 11 is 6.45. The Labute approximate surface area is 224 Å². The number of nitrogens with zero attached hydrogens (tertiary/aromatic N) is 4. The summed E-state index contributed by atoms with van der Waals surface area (Å²) in [5.74, 6) is 2.53. The Hall–Kier alpha value is -3.98. The zero-order chi connectivity index (χ0) is 25.8. The predicted octanol–water partition coefficient (Wildman–Crippen LogP) is 5.45. The zero-order valence-corrected chi connectivity index (χ0v) is 21.5. The van der Waals surface area contributed by atoms with Gasteiger partial charge >= 0.3 is 0 Å². The summed E-state index contributed by atoms with van der Waals surface area (Å²) in [5, 5.41) is 11.3. The van der Waals surface area contributed by atoms with Crippen LogP contribution in [0.25, 0.3) is 6.08 Å². The second-order valence-electron chi connectivity index (χ2n) is 9.65. The van der Waals surface area contributed by atoms with Gasteiger partial charge in [-0.2, -0.15) is 10.2 Å². The van der Waals surface area contributed by atoms with Gasteiger partial charge in [0.2, 0.25) is 13.6 Å². The smallest absolute Gasteiger partial charge is 0.296 e. The van der Waals surface area contributed by atoms with Gasteiger partial charge in [0.1, 0.15) is 0 Å². The van der Waals surface area contributed by atoms with Gasteiger partial charge in [-0.1, -0.05) is 23.7 Å². The first-order valence-electron chi connectivity index (χ1n) is 12.7. The Morgan fingerprint density at radius 3 is 2.55 bits per heavy atom. The Kier molecular flexibility index (Phi) is 5.54. The van der Waals surface area contributed by atoms with Crippen LogP contribution in [0.5, 0.6) is 23.0 Å². The number of aromatic nitrogens is 2. The number of allylic oxidation sites excluding steroid dienone is 1. The highest BCUT2D eigenvalue weighted by atomic mass is 35.5. The maximum absolute atomic E-state index is 13.9. The first-order valence-corrected chi connectivity index (χ1v) is 13.1. The van der Waals surface area contributed by atoms with Crippen LogP contribution in [-0.4, -0.2) is 40.0 Å². The maximum Gasteiger partial charge on any atom is 0.296 e. The van der Waals surface area contributed by atoms with E-state index in [0.29, 0.717) is 23.1 Å². The van der Waals surface area contributed by atoms with Crippen molar-refractivity contribution in [2.75, 3.05) is 13.6 Å². The number of hydrogen-bond acceptors (Lipinski definition) is 7. The van der Waals surface area contributed by atoms with E-state index in [9.17, 15) is 4.79 Å². The van der Waals surface area contributed by atoms with E-state index in [0.717, 1.165) is 53.2 Å². The second kappa shape index (κ2) is 9.09. The summed E-state index contributed by atoms with van der Waals surface area (Å²) in [7, 11) is 0. The first-order chi connectivity index (χ1) is 18.6. The van der Waals surface area contributed by atoms with E-state index < -0.39 is 0 Å². The van der Waals surface area contributed by atoms with Gasteiger partial charge in [0, 0.05) is 18.7 Å². The molecule has 1 saturated carbocycles. The van der Waals surface area contributed by atoms with Crippen molar-refractivity contribution in [2.24, 2.45) is 11.0 Å². The standard InChI is InChI=1S/C28H25ClN4O5/c1-2-32-13-20(29)26(30-32)28(34)33-27(18-7-9-22-24(12-18)38-15-36-22)19-5-3-4-17(25(19)31-33)10-16-6-8-21-23(11-16)37-14-35-21/h6-13,19,27H,2-5,14-15H2,1H3/b17-10-/t19-,27+/m0/s1. The molecule has 3 aromatic rings. The molecule has 1 aromatic heterocycles. The third-order valence-electron chi connectivity index (χ3n) is 7.43. The molecule has 38 heavy (non-hydrogen) atoms. The van der Waals surface area contributed by atoms with Crippen molar-refractivity contribution in [1.29, 1.82) is 0 Å². The first kappa shape index (κ1) is 23.2. The zero-order valence-electron chi connectivity index (χ0n) is 20.7. The third-order valence-corrected chi connectivity index (χ3v) is 7.71. The number of hydrazone groups is 1. The Morgan fingerprint density at radius 1 is 1.05 bits per heavy atom. The van der Waals surface area contributed by atoms with Crippen molar-refractivity contribution >= 4 is 29.3 Å². The van der Waals surface area contributed by atoms with Crippen LogP contribution in [0.3, 0.4) is 0 Å². The number of benzene rings is 2. The molecule has 194 valence electrons. The molecule has 9 nitrogen and oxygen atoms in total. The number of aryl methyl sites for hydroxylation is 1. The summed E-state index contributed by atoms with van der Waals surface area (Å²) in [6.45, 7) is 2.97. The SMILES string of the molecule is CCn1cc(Cl)c(C(=O)N2N=C3/C(=C\c4ccc5c(c4)OCO5)CCC[C@@H]3[C@H]2c2ccc3c(c2)OCO3)n1. The van der Waals surface area contributed by atoms with E-state index in [1.165, 1.54) is 0 Å². The molecule has 7 rings (SSSR count). The monoisotopic (exact) mass is 532 g/mol. The summed E-state index contributed by atoms with van der Waals surface area (Å²) in [5.41, 5.74) is 4.15. The van der Waals surface area contributed by atoms with Gasteiger partial charge in [-0.25, -0.2) is 5.01 Å². The average Bonchev–Trinajstić information content (AvgIpc) is 3.72. The molecule has 4 aliphatic rings. The van der Waals surface area contributed by atoms with Crippen molar-refractivity contribution < 1.29 is 23.7 Å². The normalized spacial score (nSPS) is 22.1. The van der Waals surface area contributed by atoms with E-state index >= 15 is 0 Å². The molecule has 0 saturated heterocycles. The largest absolute Gasteiger partial charge is 0.454 e. The molecule has 4 heterocycles. The lowest BCUT2D eigenvalue weighted by Gasteiger charge is -2.29. The van der Waals surface area contributed by atoms with E-state index in [4.69, 9.17) is 35.6 Å². The Bertz CT molecular complexity index is 1510. The molecule has 3 aliphatic heterocycles. The Balaban J connectivity index is 1.30. The van der Waals surface area contributed by atoms with Crippen molar-refractivity contribution in [1.82, 2.24) is 14.8 Å². The van der Waals surface area contributed by atoms with Crippen LogP contribution in [0.1, 0.15) is 53.8 Å². The van der Waals surface area contributed by atoms with Gasteiger partial charge < -0.3 is 18.9 Å². The molecule has 0 spiro atoms. The minimum atomic E-state index is -0.325. The van der Waals surface area contributed by atoms with Crippen LogP contribution in [0.15, 0.2) is 53.3 Å². The number of carbonyl (C=O) groups is 1. The van der Waals surface area contributed by atoms with Crippen LogP contribution in [-0.2, 0) is 6.54 Å². The van der Waals surface area contributed by atoms with E-state index in [2.05, 4.69) is 11.2 Å². The highest BCUT2D eigenvalue weighted by Crippen LogP contribution is 2.47. The number of ether oxygens (including phenoxy) is 4. The van der Waals surface area contributed by atoms with E-state index in [1.54, 1.807) is 15.9 Å². The lowest BCUT2D eigenvalue weighted by molar-refractivity contribution is 0.0673. The molecule has 2 aromatic carbocycles. The highest BCUT2D eigenvalue weighted by molar-refractivity contribution is 6.33. The van der Waals surface area contributed by atoms with Crippen molar-refractivity contribution in [2.45, 2.75) is 38.8 Å². The quantitative estimate of drug-likeness (QED) is 0.444. The number of hydrogen-bond donors (Lipinski definition) is 0. The summed E-state index contributed by atoms with van der Waals surface area (Å²) in [4.78, 5) is 13.9. The van der Waals surface area contributed by atoms with Crippen LogP contribution < -0.4 is 18.9 Å². The van der Waals surface area contributed by atoms with Crippen LogP contribution in [0.2, 0.25) is 5.02 Å². The summed E-state index contributed by atoms with van der Waals surface area (Å²) in [6.07, 6.45) is 6.55. The Morgan fingerprint density at radius 2 is 1.79 bits per heavy atom. The number of halogens is 1. The fourth-order valence-corrected chi connectivity index (χ4v) is 5.85. The number of fused-ring (bicyclic) bond motifs is 3. The highest BCUT2D eigenvalue weighted by Gasteiger charge is 2.45. The predicted molar refractivity (Wildman–Crippen MR) is 140 cm³/mol. The van der Waals surface area contributed by atoms with Crippen LogP contribution >= 0.6 is 11.6 Å². The molecule has 2 atom stereocenters. The topological polar surface area (TPSA) is 87.4 Å². The van der Waals surface area contributed by atoms with Crippen molar-refractivity contribution in [3.8, 4) is 23.0 Å². The van der Waals surface area contributed by atoms with Gasteiger partial charge in [0.15, 0.2) is 28.7 Å². The fraction of sp³-hybridized carbons (Fsp3) is 0.321. The minimum absolute atomic E-state index is 0.0142. The van der Waals surface area contributed by atoms with Gasteiger partial charge in [-0.3, -0.25) is 9.48 Å². The fourth-order valence-electron chi connectivity index (χ4n) is 5.61. The molecule has 0 unspecified atom stereocenters. The molecule has 1 aliphatic carbocycles. The van der Waals surface area contributed by atoms with Gasteiger partial charge in [-0.05, 0) is 73.2 Å². The van der Waals surface area contributed by atoms with Gasteiger partial charge in [-0.15, -0.1) is 0 Å². The number of amides is 1. The average molecular weight is 533 g/mol. The molecule has 0 N–H and O–H groups in total. The van der Waals surface area contributed by atoms with Gasteiger partial charge in [0.05, 0.1) is 16.8 Å². The maximum atomic E-state index is 13.9. The summed E-state index contributed by atoms with van der Waals surface area (Å²) < 4.78 is 23.9. The van der Waals surface area contributed by atoms with E-state index in [-0.39, 0.29) is 37.1 Å². The molecular weight excluding hydrogens is 508 g/mol. The molecule has 0 bridgehead atoms. The van der Waals surface area contributed by atoms with E-state index in [1.807, 2.05) is 43.3 Å². The molecule has 1 fully saturated rings. The third kappa shape index (κ3) is 3.80. The minimum Gasteiger partial charge on any atom is -0.454 e.